The maximum Gasteiger partial charge on any atom is 0.232 e. The van der Waals surface area contributed by atoms with Crippen LogP contribution in [0, 0.1) is 0 Å². The molecule has 0 aliphatic carbocycles. The van der Waals surface area contributed by atoms with Gasteiger partial charge in [0.25, 0.3) is 0 Å². The van der Waals surface area contributed by atoms with Crippen LogP contribution in [0.2, 0.25) is 0 Å². The van der Waals surface area contributed by atoms with Crippen molar-refractivity contribution in [1.82, 2.24) is 0 Å². The predicted molar refractivity (Wildman–Crippen MR) is 89.3 cm³/mol. The van der Waals surface area contributed by atoms with Crippen molar-refractivity contribution in [3.05, 3.63) is 71.8 Å². The fourth-order valence-electron chi connectivity index (χ4n) is 1.79. The molecule has 2 aromatic rings. The maximum absolute atomic E-state index is 12.0. The fraction of sp³-hybridized carbons (Fsp3) is 0.118. The second-order valence-corrected chi connectivity index (χ2v) is 6.70. The molecule has 0 heterocycles. The largest absolute Gasteiger partial charge is 0.289 e. The number of ketones is 1. The van der Waals surface area contributed by atoms with Crippen molar-refractivity contribution in [2.24, 2.45) is 0 Å². The average molecular weight is 315 g/mol. The predicted octanol–water partition coefficient (Wildman–Crippen LogP) is 3.34. The number of carbonyl (C=O) groups is 1. The van der Waals surface area contributed by atoms with Gasteiger partial charge in [-0.15, -0.1) is 0 Å². The van der Waals surface area contributed by atoms with Gasteiger partial charge in [-0.3, -0.25) is 9.52 Å². The lowest BCUT2D eigenvalue weighted by molar-refractivity contribution is 0.104. The van der Waals surface area contributed by atoms with Crippen LogP contribution in [0.5, 0.6) is 0 Å². The monoisotopic (exact) mass is 315 g/mol. The van der Waals surface area contributed by atoms with Crippen molar-refractivity contribution >= 4 is 27.6 Å². The van der Waals surface area contributed by atoms with Gasteiger partial charge in [-0.25, -0.2) is 8.42 Å². The first kappa shape index (κ1) is 16.0. The zero-order valence-corrected chi connectivity index (χ0v) is 13.0. The summed E-state index contributed by atoms with van der Waals surface area (Å²) in [6.07, 6.45) is 3.25. The van der Waals surface area contributed by atoms with E-state index in [4.69, 9.17) is 0 Å². The Morgan fingerprint density at radius 1 is 1.05 bits per heavy atom. The summed E-state index contributed by atoms with van der Waals surface area (Å²) in [6.45, 7) is 1.56. The summed E-state index contributed by atoms with van der Waals surface area (Å²) in [5, 5.41) is 0. The first-order valence-electron chi connectivity index (χ1n) is 6.88. The standard InChI is InChI=1S/C17H17NO3S/c1-2-22(20,21)18-16-11-9-15(10-12-16)17(19)13-8-14-6-4-3-5-7-14/h3-13,18H,2H2,1H3. The fourth-order valence-corrected chi connectivity index (χ4v) is 2.43. The van der Waals surface area contributed by atoms with Crippen LogP contribution in [-0.2, 0) is 10.0 Å². The first-order valence-corrected chi connectivity index (χ1v) is 8.53. The zero-order valence-electron chi connectivity index (χ0n) is 12.2. The Hall–Kier alpha value is -2.40. The lowest BCUT2D eigenvalue weighted by Crippen LogP contribution is -2.14. The first-order chi connectivity index (χ1) is 10.5. The van der Waals surface area contributed by atoms with Gasteiger partial charge in [0.15, 0.2) is 5.78 Å². The van der Waals surface area contributed by atoms with Crippen molar-refractivity contribution in [2.45, 2.75) is 6.92 Å². The van der Waals surface area contributed by atoms with E-state index in [2.05, 4.69) is 4.72 Å². The van der Waals surface area contributed by atoms with Gasteiger partial charge in [-0.1, -0.05) is 36.4 Å². The van der Waals surface area contributed by atoms with E-state index in [1.165, 1.54) is 6.08 Å². The van der Waals surface area contributed by atoms with Gasteiger partial charge in [-0.05, 0) is 42.8 Å². The van der Waals surface area contributed by atoms with Crippen molar-refractivity contribution in [2.75, 3.05) is 10.5 Å². The van der Waals surface area contributed by atoms with Crippen LogP contribution in [0.25, 0.3) is 6.08 Å². The normalized spacial score (nSPS) is 11.5. The highest BCUT2D eigenvalue weighted by Gasteiger charge is 2.07. The molecule has 0 saturated heterocycles. The van der Waals surface area contributed by atoms with Gasteiger partial charge < -0.3 is 0 Å². The molecular formula is C17H17NO3S. The van der Waals surface area contributed by atoms with E-state index in [0.29, 0.717) is 11.3 Å². The molecule has 0 atom stereocenters. The summed E-state index contributed by atoms with van der Waals surface area (Å²) in [6, 6.07) is 15.9. The van der Waals surface area contributed by atoms with Gasteiger partial charge in [0.1, 0.15) is 0 Å². The summed E-state index contributed by atoms with van der Waals surface area (Å²) in [4.78, 5) is 12.0. The van der Waals surface area contributed by atoms with Crippen LogP contribution in [0.15, 0.2) is 60.7 Å². The molecule has 0 aliphatic rings. The van der Waals surface area contributed by atoms with E-state index in [-0.39, 0.29) is 11.5 Å². The SMILES string of the molecule is CCS(=O)(=O)Nc1ccc(C(=O)C=Cc2ccccc2)cc1. The summed E-state index contributed by atoms with van der Waals surface area (Å²) in [5.41, 5.74) is 1.90. The van der Waals surface area contributed by atoms with Crippen LogP contribution in [0.1, 0.15) is 22.8 Å². The van der Waals surface area contributed by atoms with Gasteiger partial charge in [0.05, 0.1) is 5.75 Å². The molecule has 0 saturated carbocycles. The van der Waals surface area contributed by atoms with Crippen LogP contribution in [0.4, 0.5) is 5.69 Å². The summed E-state index contributed by atoms with van der Waals surface area (Å²) < 4.78 is 25.4. The molecule has 0 unspecified atom stereocenters. The molecule has 2 rings (SSSR count). The summed E-state index contributed by atoms with van der Waals surface area (Å²) >= 11 is 0. The molecule has 0 aromatic heterocycles. The second-order valence-electron chi connectivity index (χ2n) is 4.69. The Kier molecular flexibility index (Phi) is 5.12. The second kappa shape index (κ2) is 7.04. The number of benzene rings is 2. The highest BCUT2D eigenvalue weighted by molar-refractivity contribution is 7.92. The Labute approximate surface area is 130 Å². The minimum Gasteiger partial charge on any atom is -0.289 e. The van der Waals surface area contributed by atoms with Crippen LogP contribution in [0.3, 0.4) is 0 Å². The smallest absolute Gasteiger partial charge is 0.232 e. The van der Waals surface area contributed by atoms with E-state index < -0.39 is 10.0 Å². The van der Waals surface area contributed by atoms with Crippen LogP contribution in [-0.4, -0.2) is 20.0 Å². The van der Waals surface area contributed by atoms with E-state index in [0.717, 1.165) is 5.56 Å². The zero-order chi connectivity index (χ0) is 16.0. The molecule has 114 valence electrons. The Balaban J connectivity index is 2.07. The van der Waals surface area contributed by atoms with E-state index in [1.807, 2.05) is 30.3 Å². The quantitative estimate of drug-likeness (QED) is 0.657. The van der Waals surface area contributed by atoms with E-state index in [1.54, 1.807) is 37.3 Å². The summed E-state index contributed by atoms with van der Waals surface area (Å²) in [5.74, 6) is -0.123. The highest BCUT2D eigenvalue weighted by atomic mass is 32.2. The number of nitrogens with one attached hydrogen (secondary N) is 1. The molecule has 4 nitrogen and oxygen atoms in total. The average Bonchev–Trinajstić information content (AvgIpc) is 2.54. The molecular weight excluding hydrogens is 298 g/mol. The number of rotatable bonds is 6. The third kappa shape index (κ3) is 4.56. The van der Waals surface area contributed by atoms with Gasteiger partial charge in [-0.2, -0.15) is 0 Å². The minimum atomic E-state index is -3.30. The Morgan fingerprint density at radius 2 is 1.68 bits per heavy atom. The van der Waals surface area contributed by atoms with Crippen molar-refractivity contribution in [3.8, 4) is 0 Å². The molecule has 0 aliphatic heterocycles. The van der Waals surface area contributed by atoms with Crippen molar-refractivity contribution in [3.63, 3.8) is 0 Å². The lowest BCUT2D eigenvalue weighted by Gasteiger charge is -2.06. The number of anilines is 1. The topological polar surface area (TPSA) is 63.2 Å². The molecule has 0 amide bonds. The highest BCUT2D eigenvalue weighted by Crippen LogP contribution is 2.13. The van der Waals surface area contributed by atoms with Crippen LogP contribution < -0.4 is 4.72 Å². The van der Waals surface area contributed by atoms with E-state index in [9.17, 15) is 13.2 Å². The van der Waals surface area contributed by atoms with Gasteiger partial charge >= 0.3 is 0 Å². The lowest BCUT2D eigenvalue weighted by atomic mass is 10.1. The molecule has 0 fully saturated rings. The molecule has 0 bridgehead atoms. The third-order valence-electron chi connectivity index (χ3n) is 3.05. The Morgan fingerprint density at radius 3 is 2.27 bits per heavy atom. The molecule has 0 spiro atoms. The molecule has 2 aromatic carbocycles. The number of carbonyl (C=O) groups excluding carboxylic acids is 1. The number of allylic oxidation sites excluding steroid dienone is 1. The van der Waals surface area contributed by atoms with Gasteiger partial charge in [0, 0.05) is 11.3 Å². The minimum absolute atomic E-state index is 0.00744. The molecule has 0 radical (unpaired) electrons. The maximum atomic E-state index is 12.0. The number of hydrogen-bond acceptors (Lipinski definition) is 3. The van der Waals surface area contributed by atoms with Crippen LogP contribution >= 0.6 is 0 Å². The van der Waals surface area contributed by atoms with Crippen molar-refractivity contribution in [1.29, 1.82) is 0 Å². The third-order valence-corrected chi connectivity index (χ3v) is 4.36. The molecule has 22 heavy (non-hydrogen) atoms. The Bertz CT molecular complexity index is 763. The molecule has 5 heteroatoms. The van der Waals surface area contributed by atoms with Crippen molar-refractivity contribution < 1.29 is 13.2 Å². The summed E-state index contributed by atoms with van der Waals surface area (Å²) in [7, 11) is -3.30. The van der Waals surface area contributed by atoms with E-state index >= 15 is 0 Å². The molecule has 1 N–H and O–H groups in total. The number of hydrogen-bond donors (Lipinski definition) is 1. The number of sulfonamides is 1. The van der Waals surface area contributed by atoms with Gasteiger partial charge in [0.2, 0.25) is 10.0 Å².